The molecule has 0 N–H and O–H groups in total. The number of hydrogen-bond donors (Lipinski definition) is 0. The molecule has 4 heterocycles. The van der Waals surface area contributed by atoms with E-state index in [2.05, 4.69) is 38.6 Å². The summed E-state index contributed by atoms with van der Waals surface area (Å²) >= 11 is 8.07. The first kappa shape index (κ1) is 17.4. The van der Waals surface area contributed by atoms with Crippen LogP contribution in [0, 0.1) is 6.92 Å². The monoisotopic (exact) mass is 381 g/mol. The smallest absolute Gasteiger partial charge is 0.224 e. The van der Waals surface area contributed by atoms with E-state index in [0.29, 0.717) is 5.28 Å². The number of thiophene rings is 1. The molecule has 0 bridgehead atoms. The van der Waals surface area contributed by atoms with E-state index < -0.39 is 0 Å². The van der Waals surface area contributed by atoms with Crippen molar-refractivity contribution in [3.8, 4) is 0 Å². The minimum atomic E-state index is 0.334. The first-order valence-corrected chi connectivity index (χ1v) is 10.0. The summed E-state index contributed by atoms with van der Waals surface area (Å²) in [7, 11) is 2.19. The quantitative estimate of drug-likeness (QED) is 0.760. The van der Waals surface area contributed by atoms with E-state index in [9.17, 15) is 0 Å². The highest BCUT2D eigenvalue weighted by atomic mass is 35.5. The van der Waals surface area contributed by atoms with Crippen LogP contribution in [0.25, 0.3) is 10.2 Å². The highest BCUT2D eigenvalue weighted by molar-refractivity contribution is 7.19. The van der Waals surface area contributed by atoms with E-state index in [1.807, 2.05) is 11.3 Å². The normalized spacial score (nSPS) is 20.5. The van der Waals surface area contributed by atoms with Gasteiger partial charge in [-0.25, -0.2) is 4.98 Å². The third-order valence-electron chi connectivity index (χ3n) is 5.09. The summed E-state index contributed by atoms with van der Waals surface area (Å²) in [5.74, 6) is 0.969. The van der Waals surface area contributed by atoms with Crippen LogP contribution in [0.2, 0.25) is 5.28 Å². The molecule has 8 heteroatoms. The molecule has 0 atom stereocenters. The first-order chi connectivity index (χ1) is 12.1. The number of ether oxygens (including phenoxy) is 1. The minimum Gasteiger partial charge on any atom is -0.378 e. The van der Waals surface area contributed by atoms with Gasteiger partial charge in [0.05, 0.1) is 23.4 Å². The molecule has 25 heavy (non-hydrogen) atoms. The molecule has 0 aromatic carbocycles. The summed E-state index contributed by atoms with van der Waals surface area (Å²) < 4.78 is 6.64. The van der Waals surface area contributed by atoms with Gasteiger partial charge in [0.1, 0.15) is 0 Å². The van der Waals surface area contributed by atoms with Crippen LogP contribution in [-0.4, -0.2) is 79.3 Å². The number of likely N-dealkylation sites (N-methyl/N-ethyl adjacent to an activating group) is 1. The maximum absolute atomic E-state index is 6.24. The lowest BCUT2D eigenvalue weighted by molar-refractivity contribution is 0.122. The number of halogens is 1. The Kier molecular flexibility index (Phi) is 5.11. The summed E-state index contributed by atoms with van der Waals surface area (Å²) in [6.45, 7) is 10.8. The molecule has 0 spiro atoms. The van der Waals surface area contributed by atoms with Crippen molar-refractivity contribution in [2.75, 3.05) is 64.4 Å². The Balaban J connectivity index is 1.66. The van der Waals surface area contributed by atoms with Crippen molar-refractivity contribution in [2.24, 2.45) is 0 Å². The van der Waals surface area contributed by atoms with Crippen molar-refractivity contribution in [1.82, 2.24) is 19.8 Å². The van der Waals surface area contributed by atoms with E-state index in [1.54, 1.807) is 0 Å². The lowest BCUT2D eigenvalue weighted by Crippen LogP contribution is -2.43. The van der Waals surface area contributed by atoms with Crippen LogP contribution in [0.1, 0.15) is 10.4 Å². The predicted octanol–water partition coefficient (Wildman–Crippen LogP) is 2.24. The lowest BCUT2D eigenvalue weighted by Gasteiger charge is -2.32. The largest absolute Gasteiger partial charge is 0.378 e. The van der Waals surface area contributed by atoms with Crippen LogP contribution in [0.4, 0.5) is 5.82 Å². The number of fused-ring (bicyclic) bond motifs is 1. The molecule has 2 aromatic heterocycles. The molecule has 6 nitrogen and oxygen atoms in total. The number of anilines is 1. The van der Waals surface area contributed by atoms with E-state index >= 15 is 0 Å². The van der Waals surface area contributed by atoms with Gasteiger partial charge in [-0.05, 0) is 31.1 Å². The molecule has 0 saturated carbocycles. The van der Waals surface area contributed by atoms with E-state index in [0.717, 1.165) is 75.1 Å². The van der Waals surface area contributed by atoms with Crippen molar-refractivity contribution < 1.29 is 4.74 Å². The maximum atomic E-state index is 6.24. The highest BCUT2D eigenvalue weighted by Gasteiger charge is 2.23. The lowest BCUT2D eigenvalue weighted by atomic mass is 10.2. The molecule has 2 aliphatic rings. The second-order valence-electron chi connectivity index (χ2n) is 6.82. The summed E-state index contributed by atoms with van der Waals surface area (Å²) in [6.07, 6.45) is 0. The van der Waals surface area contributed by atoms with E-state index in [-0.39, 0.29) is 0 Å². The number of morpholine rings is 1. The molecule has 0 amide bonds. The van der Waals surface area contributed by atoms with E-state index in [4.69, 9.17) is 16.3 Å². The zero-order valence-electron chi connectivity index (χ0n) is 14.8. The second kappa shape index (κ2) is 7.32. The molecule has 2 fully saturated rings. The average Bonchev–Trinajstić information content (AvgIpc) is 2.93. The Morgan fingerprint density at radius 1 is 1.08 bits per heavy atom. The minimum absolute atomic E-state index is 0.334. The van der Waals surface area contributed by atoms with Gasteiger partial charge in [-0.1, -0.05) is 0 Å². The van der Waals surface area contributed by atoms with Gasteiger partial charge in [0.15, 0.2) is 5.82 Å². The zero-order valence-corrected chi connectivity index (χ0v) is 16.4. The molecule has 0 aliphatic carbocycles. The second-order valence-corrected chi connectivity index (χ2v) is 8.27. The molecule has 4 rings (SSSR count). The summed E-state index contributed by atoms with van der Waals surface area (Å²) in [5, 5.41) is 0.334. The Bertz CT molecular complexity index is 753. The van der Waals surface area contributed by atoms with Crippen molar-refractivity contribution in [1.29, 1.82) is 0 Å². The van der Waals surface area contributed by atoms with Gasteiger partial charge in [-0.15, -0.1) is 11.3 Å². The van der Waals surface area contributed by atoms with Gasteiger partial charge in [0.25, 0.3) is 0 Å². The molecular weight excluding hydrogens is 358 g/mol. The standard InChI is InChI=1S/C17H24ClN5OS/c1-12-13(11-22-5-3-21(2)4-6-22)25-15-14(12)19-17(18)20-16(15)23-7-9-24-10-8-23/h3-11H2,1-2H3. The summed E-state index contributed by atoms with van der Waals surface area (Å²) in [4.78, 5) is 17.7. The zero-order chi connectivity index (χ0) is 17.4. The van der Waals surface area contributed by atoms with Gasteiger partial charge in [0.2, 0.25) is 5.28 Å². The number of hydrogen-bond acceptors (Lipinski definition) is 7. The molecule has 2 aliphatic heterocycles. The van der Waals surface area contributed by atoms with Crippen LogP contribution in [0.5, 0.6) is 0 Å². The number of nitrogens with zero attached hydrogens (tertiary/aromatic N) is 5. The Morgan fingerprint density at radius 3 is 2.52 bits per heavy atom. The fourth-order valence-corrected chi connectivity index (χ4v) is 4.91. The van der Waals surface area contributed by atoms with Crippen LogP contribution in [0.3, 0.4) is 0 Å². The van der Waals surface area contributed by atoms with Gasteiger partial charge in [0, 0.05) is 50.7 Å². The number of rotatable bonds is 3. The number of aromatic nitrogens is 2. The first-order valence-electron chi connectivity index (χ1n) is 8.81. The van der Waals surface area contributed by atoms with Crippen molar-refractivity contribution in [3.05, 3.63) is 15.7 Å². The molecule has 0 radical (unpaired) electrons. The topological polar surface area (TPSA) is 44.7 Å². The van der Waals surface area contributed by atoms with Crippen LogP contribution in [0.15, 0.2) is 0 Å². The van der Waals surface area contributed by atoms with Crippen molar-refractivity contribution in [2.45, 2.75) is 13.5 Å². The number of aryl methyl sites for hydroxylation is 1. The third kappa shape index (κ3) is 3.61. The Morgan fingerprint density at radius 2 is 1.80 bits per heavy atom. The van der Waals surface area contributed by atoms with Crippen LogP contribution in [-0.2, 0) is 11.3 Å². The summed E-state index contributed by atoms with van der Waals surface area (Å²) in [5.41, 5.74) is 2.26. The van der Waals surface area contributed by atoms with Gasteiger partial charge in [-0.2, -0.15) is 4.98 Å². The van der Waals surface area contributed by atoms with Gasteiger partial charge >= 0.3 is 0 Å². The molecule has 0 unspecified atom stereocenters. The highest BCUT2D eigenvalue weighted by Crippen LogP contribution is 2.37. The molecule has 2 saturated heterocycles. The predicted molar refractivity (Wildman–Crippen MR) is 103 cm³/mol. The maximum Gasteiger partial charge on any atom is 0.224 e. The summed E-state index contributed by atoms with van der Waals surface area (Å²) in [6, 6.07) is 0. The fraction of sp³-hybridized carbons (Fsp3) is 0.647. The Labute approximate surface area is 157 Å². The van der Waals surface area contributed by atoms with Crippen LogP contribution < -0.4 is 4.90 Å². The van der Waals surface area contributed by atoms with Gasteiger partial charge in [-0.3, -0.25) is 4.90 Å². The molecule has 2 aromatic rings. The van der Waals surface area contributed by atoms with Crippen LogP contribution >= 0.6 is 22.9 Å². The fourth-order valence-electron chi connectivity index (χ4n) is 3.44. The average molecular weight is 382 g/mol. The SMILES string of the molecule is Cc1c(CN2CCN(C)CC2)sc2c(N3CCOCC3)nc(Cl)nc12. The Hall–Kier alpha value is -0.990. The molecule has 136 valence electrons. The van der Waals surface area contributed by atoms with Gasteiger partial charge < -0.3 is 14.5 Å². The molecular formula is C17H24ClN5OS. The van der Waals surface area contributed by atoms with Crippen molar-refractivity contribution in [3.63, 3.8) is 0 Å². The third-order valence-corrected chi connectivity index (χ3v) is 6.52. The van der Waals surface area contributed by atoms with Crippen molar-refractivity contribution >= 4 is 39.0 Å². The van der Waals surface area contributed by atoms with E-state index in [1.165, 1.54) is 10.4 Å². The number of piperazine rings is 1.